The van der Waals surface area contributed by atoms with Crippen molar-refractivity contribution in [2.24, 2.45) is 0 Å². The summed E-state index contributed by atoms with van der Waals surface area (Å²) in [7, 11) is -4.12. The van der Waals surface area contributed by atoms with Crippen molar-refractivity contribution in [1.82, 2.24) is 0 Å². The van der Waals surface area contributed by atoms with Crippen LogP contribution in [0.1, 0.15) is 10.4 Å². The molecule has 190 valence electrons. The van der Waals surface area contributed by atoms with Crippen molar-refractivity contribution < 1.29 is 22.4 Å². The van der Waals surface area contributed by atoms with Crippen LogP contribution in [0, 0.1) is 0 Å². The number of nitrogens with zero attached hydrogens (tertiary/aromatic N) is 1. The third-order valence-electron chi connectivity index (χ3n) is 5.86. The molecule has 0 aliphatic carbocycles. The Hall–Kier alpha value is -3.86. The Morgan fingerprint density at radius 1 is 0.946 bits per heavy atom. The average molecular weight is 540 g/mol. The smallest absolute Gasteiger partial charge is 0.349 e. The minimum Gasteiger partial charge on any atom is -0.422 e. The maximum absolute atomic E-state index is 13.5. The monoisotopic (exact) mass is 539 g/mol. The van der Waals surface area contributed by atoms with Crippen LogP contribution in [0.5, 0.6) is 0 Å². The number of morpholine rings is 1. The van der Waals surface area contributed by atoms with Crippen molar-refractivity contribution in [3.05, 3.63) is 93.8 Å². The number of hydrogen-bond donors (Lipinski definition) is 2. The number of benzene rings is 3. The molecule has 11 heteroatoms. The van der Waals surface area contributed by atoms with E-state index in [4.69, 9.17) is 20.8 Å². The van der Waals surface area contributed by atoms with E-state index < -0.39 is 21.6 Å². The maximum atomic E-state index is 13.5. The summed E-state index contributed by atoms with van der Waals surface area (Å²) in [5.74, 6) is -0.721. The number of nitrogens with one attached hydrogen (secondary N) is 2. The number of hydrogen-bond acceptors (Lipinski definition) is 7. The summed E-state index contributed by atoms with van der Waals surface area (Å²) in [5, 5.41) is 3.45. The number of ether oxygens (including phenoxy) is 1. The van der Waals surface area contributed by atoms with Crippen molar-refractivity contribution in [3.8, 4) is 0 Å². The quantitative estimate of drug-likeness (QED) is 0.350. The second-order valence-corrected chi connectivity index (χ2v) is 10.4. The summed E-state index contributed by atoms with van der Waals surface area (Å²) in [6.45, 7) is 1.90. The van der Waals surface area contributed by atoms with Crippen LogP contribution >= 0.6 is 11.6 Å². The van der Waals surface area contributed by atoms with Gasteiger partial charge in [0.15, 0.2) is 0 Å². The van der Waals surface area contributed by atoms with Gasteiger partial charge in [0.1, 0.15) is 16.0 Å². The second-order valence-electron chi connectivity index (χ2n) is 8.31. The van der Waals surface area contributed by atoms with E-state index in [1.807, 2.05) is 4.90 Å². The molecule has 9 nitrogen and oxygen atoms in total. The van der Waals surface area contributed by atoms with Crippen LogP contribution in [-0.4, -0.2) is 40.6 Å². The third-order valence-corrected chi connectivity index (χ3v) is 7.59. The molecule has 5 rings (SSSR count). The molecule has 1 aliphatic heterocycles. The fourth-order valence-corrected chi connectivity index (χ4v) is 5.61. The number of sulfonamides is 1. The number of amides is 1. The molecule has 0 bridgehead atoms. The molecule has 0 spiro atoms. The summed E-state index contributed by atoms with van der Waals surface area (Å²) >= 11 is 6.18. The van der Waals surface area contributed by atoms with Crippen molar-refractivity contribution in [3.63, 3.8) is 0 Å². The first-order valence-corrected chi connectivity index (χ1v) is 13.3. The van der Waals surface area contributed by atoms with Gasteiger partial charge in [-0.05, 0) is 42.5 Å². The van der Waals surface area contributed by atoms with Crippen LogP contribution in [0.15, 0.2) is 86.9 Å². The first kappa shape index (κ1) is 24.8. The number of carbonyl (C=O) groups excluding carboxylic acids is 1. The van der Waals surface area contributed by atoms with Gasteiger partial charge in [-0.15, -0.1) is 0 Å². The number of anilines is 3. The van der Waals surface area contributed by atoms with E-state index in [9.17, 15) is 18.0 Å². The highest BCUT2D eigenvalue weighted by Gasteiger charge is 2.25. The van der Waals surface area contributed by atoms with Gasteiger partial charge < -0.3 is 19.4 Å². The second kappa shape index (κ2) is 10.3. The number of para-hydroxylation sites is 2. The Balaban J connectivity index is 1.51. The molecular weight excluding hydrogens is 518 g/mol. The summed E-state index contributed by atoms with van der Waals surface area (Å²) in [5.41, 5.74) is 0.224. The van der Waals surface area contributed by atoms with Crippen LogP contribution in [0.25, 0.3) is 11.0 Å². The molecule has 1 aromatic heterocycles. The van der Waals surface area contributed by atoms with Gasteiger partial charge in [0.2, 0.25) is 0 Å². The number of rotatable bonds is 6. The largest absolute Gasteiger partial charge is 0.422 e. The van der Waals surface area contributed by atoms with Gasteiger partial charge >= 0.3 is 5.63 Å². The Morgan fingerprint density at radius 2 is 1.68 bits per heavy atom. The van der Waals surface area contributed by atoms with Gasteiger partial charge in [0, 0.05) is 24.2 Å². The number of halogens is 1. The van der Waals surface area contributed by atoms with Gasteiger partial charge in [0.05, 0.1) is 29.6 Å². The average Bonchev–Trinajstić information content (AvgIpc) is 2.90. The molecule has 0 atom stereocenters. The molecule has 1 saturated heterocycles. The van der Waals surface area contributed by atoms with E-state index in [-0.39, 0.29) is 26.9 Å². The Morgan fingerprint density at radius 3 is 2.46 bits per heavy atom. The molecule has 37 heavy (non-hydrogen) atoms. The van der Waals surface area contributed by atoms with E-state index in [1.54, 1.807) is 60.7 Å². The summed E-state index contributed by atoms with van der Waals surface area (Å²) in [4.78, 5) is 27.2. The lowest BCUT2D eigenvalue weighted by molar-refractivity contribution is 0.102. The van der Waals surface area contributed by atoms with Gasteiger partial charge in [-0.25, -0.2) is 13.2 Å². The van der Waals surface area contributed by atoms with Crippen molar-refractivity contribution in [1.29, 1.82) is 0 Å². The van der Waals surface area contributed by atoms with Crippen molar-refractivity contribution in [2.45, 2.75) is 4.90 Å². The fourth-order valence-electron chi connectivity index (χ4n) is 4.04. The summed E-state index contributed by atoms with van der Waals surface area (Å²) < 4.78 is 40.2. The van der Waals surface area contributed by atoms with Gasteiger partial charge in [-0.2, -0.15) is 0 Å². The van der Waals surface area contributed by atoms with E-state index in [1.165, 1.54) is 12.1 Å². The first-order chi connectivity index (χ1) is 17.8. The zero-order valence-electron chi connectivity index (χ0n) is 19.4. The molecule has 2 N–H and O–H groups in total. The predicted octanol–water partition coefficient (Wildman–Crippen LogP) is 4.34. The molecule has 0 saturated carbocycles. The summed E-state index contributed by atoms with van der Waals surface area (Å²) in [6, 6.07) is 19.3. The molecular formula is C26H22ClN3O6S. The molecule has 1 amide bonds. The lowest BCUT2D eigenvalue weighted by Crippen LogP contribution is -2.37. The van der Waals surface area contributed by atoms with Gasteiger partial charge in [-0.1, -0.05) is 41.9 Å². The van der Waals surface area contributed by atoms with E-state index in [0.717, 1.165) is 0 Å². The predicted molar refractivity (Wildman–Crippen MR) is 142 cm³/mol. The topological polar surface area (TPSA) is 118 Å². The van der Waals surface area contributed by atoms with E-state index >= 15 is 0 Å². The Kier molecular flexibility index (Phi) is 6.88. The minimum absolute atomic E-state index is 0.0577. The van der Waals surface area contributed by atoms with E-state index in [2.05, 4.69) is 10.0 Å². The SMILES string of the molecule is O=C(Nc1ccc(N2CCOCC2)c(S(=O)(=O)Nc2ccccc2Cl)c1)c1cc2ccccc2oc1=O. The zero-order valence-corrected chi connectivity index (χ0v) is 21.0. The highest BCUT2D eigenvalue weighted by molar-refractivity contribution is 7.93. The van der Waals surface area contributed by atoms with Gasteiger partial charge in [-0.3, -0.25) is 9.52 Å². The highest BCUT2D eigenvalue weighted by atomic mass is 35.5. The van der Waals surface area contributed by atoms with E-state index in [0.29, 0.717) is 43.0 Å². The van der Waals surface area contributed by atoms with Crippen molar-refractivity contribution >= 4 is 55.6 Å². The van der Waals surface area contributed by atoms with Crippen molar-refractivity contribution in [2.75, 3.05) is 41.2 Å². The number of fused-ring (bicyclic) bond motifs is 1. The van der Waals surface area contributed by atoms with Crippen LogP contribution in [0.4, 0.5) is 17.1 Å². The molecule has 3 aromatic carbocycles. The molecule has 1 aliphatic rings. The lowest BCUT2D eigenvalue weighted by atomic mass is 10.1. The van der Waals surface area contributed by atoms with Crippen LogP contribution in [0.2, 0.25) is 5.02 Å². The highest BCUT2D eigenvalue weighted by Crippen LogP contribution is 2.32. The lowest BCUT2D eigenvalue weighted by Gasteiger charge is -2.30. The molecule has 1 fully saturated rings. The van der Waals surface area contributed by atoms with Crippen LogP contribution in [0.3, 0.4) is 0 Å². The minimum atomic E-state index is -4.12. The van der Waals surface area contributed by atoms with Gasteiger partial charge in [0.25, 0.3) is 15.9 Å². The fraction of sp³-hybridized carbons (Fsp3) is 0.154. The number of carbonyl (C=O) groups is 1. The molecule has 0 unspecified atom stereocenters. The molecule has 2 heterocycles. The maximum Gasteiger partial charge on any atom is 0.349 e. The normalized spacial score (nSPS) is 13.9. The standard InChI is InChI=1S/C26H22ClN3O6S/c27-20-6-2-3-7-21(20)29-37(33,34)24-16-18(9-10-22(24)30-11-13-35-14-12-30)28-25(31)19-15-17-5-1-4-8-23(17)36-26(19)32/h1-10,15-16,29H,11-14H2,(H,28,31). The van der Waals surface area contributed by atoms with Crippen LogP contribution in [-0.2, 0) is 14.8 Å². The first-order valence-electron chi connectivity index (χ1n) is 11.4. The third kappa shape index (κ3) is 5.31. The molecule has 4 aromatic rings. The Bertz CT molecular complexity index is 1650. The molecule has 0 radical (unpaired) electrons. The Labute approximate surface area is 217 Å². The summed E-state index contributed by atoms with van der Waals surface area (Å²) in [6.07, 6.45) is 0. The van der Waals surface area contributed by atoms with Crippen LogP contribution < -0.4 is 20.6 Å². The zero-order chi connectivity index (χ0) is 26.0.